The maximum absolute atomic E-state index is 13.2. The zero-order valence-corrected chi connectivity index (χ0v) is 23.7. The fraction of sp³-hybridized carbons (Fsp3) is 0.367. The molecule has 1 aliphatic rings. The summed E-state index contributed by atoms with van der Waals surface area (Å²) in [5.74, 6) is 0.279. The van der Waals surface area contributed by atoms with Crippen molar-refractivity contribution in [2.45, 2.75) is 68.9 Å². The quantitative estimate of drug-likeness (QED) is 0.269. The van der Waals surface area contributed by atoms with E-state index in [0.29, 0.717) is 43.0 Å². The Hall–Kier alpha value is -3.41. The number of hydrogen-bond acceptors (Lipinski definition) is 5. The van der Waals surface area contributed by atoms with E-state index in [-0.39, 0.29) is 12.5 Å². The zero-order chi connectivity index (χ0) is 29.6. The summed E-state index contributed by atoms with van der Waals surface area (Å²) in [6, 6.07) is 16.9. The standard InChI is InChI=1S/C30H34F3N3O4S/c1-3-20(2)34-19-21-12-13-25-26(14-15-40-28(25)16-21)35-29(37)18-27(22-8-5-4-6-9-22)36-41(38,39)24-11-7-10-23(17-24)30(31,32)33/h4-13,16-17,20,26-27,34,36H,3,14-15,18-19H2,1-2H3,(H,35,37)/t20-,26+,27+/m0/s1. The highest BCUT2D eigenvalue weighted by Crippen LogP contribution is 2.34. The summed E-state index contributed by atoms with van der Waals surface area (Å²) >= 11 is 0. The van der Waals surface area contributed by atoms with Gasteiger partial charge in [-0.05, 0) is 48.7 Å². The fourth-order valence-corrected chi connectivity index (χ4v) is 5.85. The molecule has 4 rings (SSSR count). The summed E-state index contributed by atoms with van der Waals surface area (Å²) in [5.41, 5.74) is 1.32. The van der Waals surface area contributed by atoms with Gasteiger partial charge in [0.1, 0.15) is 5.75 Å². The third-order valence-electron chi connectivity index (χ3n) is 7.08. The first-order valence-corrected chi connectivity index (χ1v) is 15.0. The SMILES string of the molecule is CC[C@H](C)NCc1ccc2c(c1)OCC[C@H]2NC(=O)C[C@@H](NS(=O)(=O)c1cccc(C(F)(F)F)c1)c1ccccc1. The highest BCUT2D eigenvalue weighted by atomic mass is 32.2. The van der Waals surface area contributed by atoms with Crippen molar-refractivity contribution in [3.8, 4) is 5.75 Å². The molecule has 3 aromatic carbocycles. The first kappa shape index (κ1) is 30.5. The van der Waals surface area contributed by atoms with Crippen LogP contribution in [0.15, 0.2) is 77.7 Å². The van der Waals surface area contributed by atoms with Gasteiger partial charge in [-0.3, -0.25) is 4.79 Å². The lowest BCUT2D eigenvalue weighted by Crippen LogP contribution is -2.36. The smallest absolute Gasteiger partial charge is 0.416 e. The van der Waals surface area contributed by atoms with Crippen molar-refractivity contribution in [3.05, 3.63) is 95.1 Å². The van der Waals surface area contributed by atoms with Crippen LogP contribution in [0.5, 0.6) is 5.75 Å². The van der Waals surface area contributed by atoms with Gasteiger partial charge < -0.3 is 15.4 Å². The summed E-state index contributed by atoms with van der Waals surface area (Å²) in [6.07, 6.45) is -3.41. The van der Waals surface area contributed by atoms with Gasteiger partial charge in [0.25, 0.3) is 0 Å². The van der Waals surface area contributed by atoms with Gasteiger partial charge in [0, 0.05) is 31.0 Å². The molecule has 1 heterocycles. The first-order chi connectivity index (χ1) is 19.5. The Bertz CT molecular complexity index is 1450. The van der Waals surface area contributed by atoms with E-state index < -0.39 is 38.6 Å². The highest BCUT2D eigenvalue weighted by molar-refractivity contribution is 7.89. The van der Waals surface area contributed by atoms with Crippen LogP contribution in [0.2, 0.25) is 0 Å². The van der Waals surface area contributed by atoms with Crippen LogP contribution in [0.1, 0.15) is 67.4 Å². The number of carbonyl (C=O) groups is 1. The summed E-state index contributed by atoms with van der Waals surface area (Å²) in [7, 11) is -4.39. The van der Waals surface area contributed by atoms with E-state index in [1.54, 1.807) is 30.3 Å². The molecule has 0 radical (unpaired) electrons. The summed E-state index contributed by atoms with van der Waals surface area (Å²) in [5, 5.41) is 6.43. The summed E-state index contributed by atoms with van der Waals surface area (Å²) in [4.78, 5) is 12.7. The molecule has 3 aromatic rings. The van der Waals surface area contributed by atoms with Crippen LogP contribution >= 0.6 is 0 Å². The molecular formula is C30H34F3N3O4S. The molecule has 11 heteroatoms. The number of benzene rings is 3. The second-order valence-electron chi connectivity index (χ2n) is 10.1. The molecule has 0 spiro atoms. The number of nitrogens with one attached hydrogen (secondary N) is 3. The van der Waals surface area contributed by atoms with Gasteiger partial charge in [-0.2, -0.15) is 13.2 Å². The van der Waals surface area contributed by atoms with E-state index in [2.05, 4.69) is 29.2 Å². The Labute approximate surface area is 238 Å². The van der Waals surface area contributed by atoms with Crippen LogP contribution in [0.25, 0.3) is 0 Å². The van der Waals surface area contributed by atoms with Crippen LogP contribution < -0.4 is 20.1 Å². The molecule has 0 saturated carbocycles. The Balaban J connectivity index is 1.50. The number of amides is 1. The average Bonchev–Trinajstić information content (AvgIpc) is 2.95. The number of hydrogen-bond donors (Lipinski definition) is 3. The molecule has 0 bridgehead atoms. The topological polar surface area (TPSA) is 96.5 Å². The zero-order valence-electron chi connectivity index (χ0n) is 22.9. The lowest BCUT2D eigenvalue weighted by atomic mass is 9.97. The van der Waals surface area contributed by atoms with Crippen molar-refractivity contribution in [1.29, 1.82) is 0 Å². The number of rotatable bonds is 11. The van der Waals surface area contributed by atoms with Crippen molar-refractivity contribution in [1.82, 2.24) is 15.4 Å². The Morgan fingerprint density at radius 1 is 1.05 bits per heavy atom. The minimum Gasteiger partial charge on any atom is -0.493 e. The summed E-state index contributed by atoms with van der Waals surface area (Å²) < 4.78 is 74.2. The van der Waals surface area contributed by atoms with Crippen LogP contribution in [0.4, 0.5) is 13.2 Å². The van der Waals surface area contributed by atoms with Gasteiger partial charge >= 0.3 is 6.18 Å². The molecule has 41 heavy (non-hydrogen) atoms. The van der Waals surface area contributed by atoms with Gasteiger partial charge in [-0.15, -0.1) is 0 Å². The molecule has 0 saturated heterocycles. The number of carbonyl (C=O) groups excluding carboxylic acids is 1. The third kappa shape index (κ3) is 8.08. The number of alkyl halides is 3. The average molecular weight is 590 g/mol. The van der Waals surface area contributed by atoms with E-state index in [1.165, 1.54) is 0 Å². The lowest BCUT2D eigenvalue weighted by Gasteiger charge is -2.28. The molecule has 0 fully saturated rings. The van der Waals surface area contributed by atoms with Crippen LogP contribution in [0, 0.1) is 0 Å². The van der Waals surface area contributed by atoms with Gasteiger partial charge in [-0.1, -0.05) is 55.5 Å². The van der Waals surface area contributed by atoms with E-state index in [4.69, 9.17) is 4.74 Å². The van der Waals surface area contributed by atoms with E-state index in [9.17, 15) is 26.4 Å². The van der Waals surface area contributed by atoms with E-state index >= 15 is 0 Å². The van der Waals surface area contributed by atoms with E-state index in [0.717, 1.165) is 35.7 Å². The minimum absolute atomic E-state index is 0.258. The molecular weight excluding hydrogens is 555 g/mol. The summed E-state index contributed by atoms with van der Waals surface area (Å²) in [6.45, 7) is 5.32. The van der Waals surface area contributed by atoms with Gasteiger partial charge in [0.05, 0.1) is 29.1 Å². The predicted octanol–water partition coefficient (Wildman–Crippen LogP) is 5.64. The molecule has 220 valence electrons. The predicted molar refractivity (Wildman–Crippen MR) is 150 cm³/mol. The molecule has 3 atom stereocenters. The van der Waals surface area contributed by atoms with Crippen LogP contribution in [-0.2, 0) is 27.5 Å². The molecule has 3 N–H and O–H groups in total. The maximum atomic E-state index is 13.2. The maximum Gasteiger partial charge on any atom is 0.416 e. The minimum atomic E-state index is -4.70. The first-order valence-electron chi connectivity index (χ1n) is 13.5. The monoisotopic (exact) mass is 589 g/mol. The van der Waals surface area contributed by atoms with Crippen LogP contribution in [-0.4, -0.2) is 27.0 Å². The number of halogens is 3. The number of fused-ring (bicyclic) bond motifs is 1. The normalized spacial score (nSPS) is 16.8. The fourth-order valence-electron chi connectivity index (χ4n) is 4.58. The third-order valence-corrected chi connectivity index (χ3v) is 8.55. The van der Waals surface area contributed by atoms with E-state index in [1.807, 2.05) is 18.2 Å². The lowest BCUT2D eigenvalue weighted by molar-refractivity contribution is -0.137. The molecule has 7 nitrogen and oxygen atoms in total. The molecule has 1 aliphatic heterocycles. The number of sulfonamides is 1. The van der Waals surface area contributed by atoms with Crippen LogP contribution in [0.3, 0.4) is 0 Å². The molecule has 0 aromatic heterocycles. The van der Waals surface area contributed by atoms with Crippen molar-refractivity contribution in [3.63, 3.8) is 0 Å². The van der Waals surface area contributed by atoms with Gasteiger partial charge in [0.2, 0.25) is 15.9 Å². The van der Waals surface area contributed by atoms with Gasteiger partial charge in [-0.25, -0.2) is 13.1 Å². The highest BCUT2D eigenvalue weighted by Gasteiger charge is 2.33. The van der Waals surface area contributed by atoms with Gasteiger partial charge in [0.15, 0.2) is 0 Å². The molecule has 0 aliphatic carbocycles. The largest absolute Gasteiger partial charge is 0.493 e. The Morgan fingerprint density at radius 3 is 2.51 bits per heavy atom. The molecule has 0 unspecified atom stereocenters. The van der Waals surface area contributed by atoms with Crippen molar-refractivity contribution >= 4 is 15.9 Å². The Morgan fingerprint density at radius 2 is 1.80 bits per heavy atom. The van der Waals surface area contributed by atoms with Crippen molar-refractivity contribution in [2.24, 2.45) is 0 Å². The second kappa shape index (κ2) is 13.1. The molecule has 1 amide bonds. The van der Waals surface area contributed by atoms with Crippen molar-refractivity contribution in [2.75, 3.05) is 6.61 Å². The number of ether oxygens (including phenoxy) is 1. The van der Waals surface area contributed by atoms with Crippen molar-refractivity contribution < 1.29 is 31.1 Å². The Kier molecular flexibility index (Phi) is 9.72. The second-order valence-corrected chi connectivity index (χ2v) is 11.8.